The summed E-state index contributed by atoms with van der Waals surface area (Å²) in [7, 11) is -2.32. The quantitative estimate of drug-likeness (QED) is 0.915. The highest BCUT2D eigenvalue weighted by atomic mass is 35.5. The van der Waals surface area contributed by atoms with Crippen LogP contribution < -0.4 is 4.72 Å². The van der Waals surface area contributed by atoms with E-state index in [2.05, 4.69) is 14.7 Å². The van der Waals surface area contributed by atoms with Gasteiger partial charge in [0.25, 0.3) is 10.0 Å². The largest absolute Gasteiger partial charge is 0.324 e. The van der Waals surface area contributed by atoms with E-state index >= 15 is 0 Å². The predicted octanol–water partition coefficient (Wildman–Crippen LogP) is 1.14. The maximum absolute atomic E-state index is 12.0. The molecular weight excluding hydrogens is 290 g/mol. The number of imidazole rings is 1. The number of rotatable bonds is 3. The van der Waals surface area contributed by atoms with Crippen molar-refractivity contribution in [2.75, 3.05) is 4.72 Å². The van der Waals surface area contributed by atoms with E-state index in [0.717, 1.165) is 0 Å². The number of aromatic nitrogens is 3. The summed E-state index contributed by atoms with van der Waals surface area (Å²) in [6, 6.07) is 4.72. The van der Waals surface area contributed by atoms with E-state index in [4.69, 9.17) is 16.9 Å². The van der Waals surface area contributed by atoms with Gasteiger partial charge in [-0.05, 0) is 12.1 Å². The zero-order chi connectivity index (χ0) is 14.0. The molecule has 1 N–H and O–H groups in total. The van der Waals surface area contributed by atoms with Crippen molar-refractivity contribution >= 4 is 27.4 Å². The number of pyridine rings is 1. The van der Waals surface area contributed by atoms with E-state index in [9.17, 15) is 8.42 Å². The Balaban J connectivity index is 2.31. The first kappa shape index (κ1) is 13.3. The lowest BCUT2D eigenvalue weighted by Crippen LogP contribution is -2.15. The van der Waals surface area contributed by atoms with Crippen LogP contribution in [-0.2, 0) is 17.1 Å². The molecule has 0 atom stereocenters. The molecule has 0 bridgehead atoms. The minimum absolute atomic E-state index is 0.00106. The zero-order valence-corrected chi connectivity index (χ0v) is 11.3. The third-order valence-corrected chi connectivity index (χ3v) is 4.06. The number of halogens is 1. The first-order chi connectivity index (χ1) is 8.94. The molecule has 0 saturated heterocycles. The van der Waals surface area contributed by atoms with E-state index in [1.807, 2.05) is 6.07 Å². The van der Waals surface area contributed by atoms with Gasteiger partial charge < -0.3 is 4.57 Å². The highest BCUT2D eigenvalue weighted by Crippen LogP contribution is 2.20. The highest BCUT2D eigenvalue weighted by Gasteiger charge is 2.22. The van der Waals surface area contributed by atoms with Crippen LogP contribution in [0.2, 0.25) is 5.15 Å². The van der Waals surface area contributed by atoms with Crippen molar-refractivity contribution in [3.8, 4) is 6.07 Å². The van der Waals surface area contributed by atoms with Gasteiger partial charge in [0, 0.05) is 13.2 Å². The molecule has 2 rings (SSSR count). The smallest absolute Gasteiger partial charge is 0.283 e. The second-order valence-electron chi connectivity index (χ2n) is 3.60. The summed E-state index contributed by atoms with van der Waals surface area (Å²) in [5, 5.41) is 8.35. The van der Waals surface area contributed by atoms with Crippen LogP contribution in [0.5, 0.6) is 0 Å². The van der Waals surface area contributed by atoms with Crippen LogP contribution in [0.25, 0.3) is 0 Å². The number of nitrogens with one attached hydrogen (secondary N) is 1. The number of nitriles is 1. The van der Waals surface area contributed by atoms with Crippen LogP contribution in [0.15, 0.2) is 29.7 Å². The lowest BCUT2D eigenvalue weighted by atomic mass is 10.3. The van der Waals surface area contributed by atoms with Gasteiger partial charge in [-0.15, -0.1) is 0 Å². The maximum Gasteiger partial charge on any atom is 0.283 e. The van der Waals surface area contributed by atoms with Gasteiger partial charge >= 0.3 is 0 Å². The van der Waals surface area contributed by atoms with Gasteiger partial charge in [-0.3, -0.25) is 4.72 Å². The highest BCUT2D eigenvalue weighted by molar-refractivity contribution is 7.92. The summed E-state index contributed by atoms with van der Waals surface area (Å²) in [4.78, 5) is 7.52. The van der Waals surface area contributed by atoms with Crippen LogP contribution in [-0.4, -0.2) is 23.0 Å². The van der Waals surface area contributed by atoms with Crippen LogP contribution in [0.1, 0.15) is 5.56 Å². The average Bonchev–Trinajstić information content (AvgIpc) is 2.71. The Hall–Kier alpha value is -2.11. The molecule has 0 spiro atoms. The summed E-state index contributed by atoms with van der Waals surface area (Å²) in [5.41, 5.74) is 0.332. The van der Waals surface area contributed by atoms with Crippen molar-refractivity contribution in [2.45, 2.75) is 5.03 Å². The number of hydrogen-bond acceptors (Lipinski definition) is 5. The van der Waals surface area contributed by atoms with Gasteiger partial charge in [-0.1, -0.05) is 11.6 Å². The normalized spacial score (nSPS) is 11.0. The monoisotopic (exact) mass is 297 g/mol. The Bertz CT molecular complexity index is 745. The van der Waals surface area contributed by atoms with E-state index < -0.39 is 10.0 Å². The minimum Gasteiger partial charge on any atom is -0.324 e. The first-order valence-corrected chi connectivity index (χ1v) is 6.86. The van der Waals surface area contributed by atoms with E-state index in [1.54, 1.807) is 7.05 Å². The lowest BCUT2D eigenvalue weighted by Gasteiger charge is -2.05. The summed E-state index contributed by atoms with van der Waals surface area (Å²) >= 11 is 5.83. The van der Waals surface area contributed by atoms with Crippen molar-refractivity contribution in [1.82, 2.24) is 14.5 Å². The topological polar surface area (TPSA) is 101 Å². The molecule has 7 nitrogen and oxygen atoms in total. The van der Waals surface area contributed by atoms with Crippen LogP contribution in [0.3, 0.4) is 0 Å². The molecule has 0 aromatic carbocycles. The van der Waals surface area contributed by atoms with Gasteiger partial charge in [0.2, 0.25) is 5.03 Å². The maximum atomic E-state index is 12.0. The number of anilines is 1. The predicted molar refractivity (Wildman–Crippen MR) is 68.0 cm³/mol. The molecule has 2 aromatic rings. The fourth-order valence-electron chi connectivity index (χ4n) is 1.28. The third-order valence-electron chi connectivity index (χ3n) is 2.22. The molecule has 0 amide bonds. The Morgan fingerprint density at radius 1 is 1.42 bits per heavy atom. The summed E-state index contributed by atoms with van der Waals surface area (Å²) in [6.07, 6.45) is 2.56. The zero-order valence-electron chi connectivity index (χ0n) is 9.70. The Morgan fingerprint density at radius 2 is 2.16 bits per heavy atom. The van der Waals surface area contributed by atoms with Crippen molar-refractivity contribution in [1.29, 1.82) is 5.26 Å². The minimum atomic E-state index is -3.90. The second kappa shape index (κ2) is 4.87. The molecule has 2 aromatic heterocycles. The molecular formula is C10H8ClN5O2S. The van der Waals surface area contributed by atoms with E-state index in [1.165, 1.54) is 29.2 Å². The molecule has 9 heteroatoms. The average molecular weight is 298 g/mol. The molecule has 0 aliphatic carbocycles. The molecule has 0 radical (unpaired) electrons. The molecule has 0 saturated carbocycles. The number of aryl methyl sites for hydroxylation is 1. The van der Waals surface area contributed by atoms with Crippen molar-refractivity contribution in [3.63, 3.8) is 0 Å². The molecule has 0 aliphatic rings. The van der Waals surface area contributed by atoms with E-state index in [0.29, 0.717) is 5.56 Å². The van der Waals surface area contributed by atoms with Gasteiger partial charge in [-0.25, -0.2) is 9.97 Å². The van der Waals surface area contributed by atoms with Gasteiger partial charge in [0.05, 0.1) is 11.9 Å². The Kier molecular flexibility index (Phi) is 3.42. The van der Waals surface area contributed by atoms with Crippen molar-refractivity contribution < 1.29 is 8.42 Å². The third kappa shape index (κ3) is 2.67. The first-order valence-electron chi connectivity index (χ1n) is 5.00. The molecule has 0 unspecified atom stereocenters. The fraction of sp³-hybridized carbons (Fsp3) is 0.100. The molecule has 19 heavy (non-hydrogen) atoms. The van der Waals surface area contributed by atoms with Crippen molar-refractivity contribution in [2.24, 2.45) is 7.05 Å². The second-order valence-corrected chi connectivity index (χ2v) is 5.56. The summed E-state index contributed by atoms with van der Waals surface area (Å²) in [5.74, 6) is 0.0840. The van der Waals surface area contributed by atoms with Gasteiger partial charge in [-0.2, -0.15) is 13.7 Å². The Labute approximate surface area is 114 Å². The molecule has 0 aliphatic heterocycles. The van der Waals surface area contributed by atoms with Crippen LogP contribution in [0, 0.1) is 11.3 Å². The molecule has 2 heterocycles. The standard InChI is InChI=1S/C10H8ClN5O2S/c1-16-6-14-10(9(16)11)19(17,18)15-8-3-2-7(4-12)5-13-8/h2-3,5-6H,1H3,(H,13,15). The fourth-order valence-corrected chi connectivity index (χ4v) is 2.72. The SMILES string of the molecule is Cn1cnc(S(=O)(=O)Nc2ccc(C#N)cn2)c1Cl. The molecule has 0 fully saturated rings. The van der Waals surface area contributed by atoms with Crippen molar-refractivity contribution in [3.05, 3.63) is 35.4 Å². The summed E-state index contributed by atoms with van der Waals surface area (Å²) < 4.78 is 27.6. The van der Waals surface area contributed by atoms with Crippen LogP contribution >= 0.6 is 11.6 Å². The van der Waals surface area contributed by atoms with Crippen LogP contribution in [0.4, 0.5) is 5.82 Å². The van der Waals surface area contributed by atoms with E-state index in [-0.39, 0.29) is 16.0 Å². The number of hydrogen-bond donors (Lipinski definition) is 1. The van der Waals surface area contributed by atoms with Gasteiger partial charge in [0.15, 0.2) is 0 Å². The lowest BCUT2D eigenvalue weighted by molar-refractivity contribution is 0.598. The number of nitrogens with zero attached hydrogens (tertiary/aromatic N) is 4. The van der Waals surface area contributed by atoms with Gasteiger partial charge in [0.1, 0.15) is 17.0 Å². The molecule has 98 valence electrons. The number of sulfonamides is 1. The summed E-state index contributed by atoms with van der Waals surface area (Å²) in [6.45, 7) is 0. The Morgan fingerprint density at radius 3 is 2.63 bits per heavy atom.